The van der Waals surface area contributed by atoms with Gasteiger partial charge in [0, 0.05) is 24.9 Å². The van der Waals surface area contributed by atoms with E-state index in [2.05, 4.69) is 9.82 Å². The number of nitrogens with one attached hydrogen (secondary N) is 1. The molecule has 0 aliphatic carbocycles. The lowest BCUT2D eigenvalue weighted by Crippen LogP contribution is -2.13. The molecular weight excluding hydrogens is 437 g/mol. The molecule has 1 heterocycles. The summed E-state index contributed by atoms with van der Waals surface area (Å²) in [4.78, 5) is 10.4. The summed E-state index contributed by atoms with van der Waals surface area (Å²) >= 11 is 6.08. The Kier molecular flexibility index (Phi) is 6.58. The molecule has 2 aromatic carbocycles. The Hall–Kier alpha value is -3.11. The smallest absolute Gasteiger partial charge is 0.303 e. The lowest BCUT2D eigenvalue weighted by Gasteiger charge is -2.12. The Morgan fingerprint density at radius 1 is 1.27 bits per heavy atom. The van der Waals surface area contributed by atoms with Gasteiger partial charge < -0.3 is 9.84 Å². The Morgan fingerprint density at radius 2 is 2.07 bits per heavy atom. The van der Waals surface area contributed by atoms with Gasteiger partial charge in [-0.2, -0.15) is 5.10 Å². The highest BCUT2D eigenvalue weighted by molar-refractivity contribution is 7.92. The summed E-state index contributed by atoms with van der Waals surface area (Å²) in [5.74, 6) is -1.36. The second kappa shape index (κ2) is 9.14. The van der Waals surface area contributed by atoms with E-state index in [1.54, 1.807) is 12.3 Å². The molecular formula is C19H17ClFN3O5S. The van der Waals surface area contributed by atoms with Crippen molar-refractivity contribution in [3.05, 3.63) is 65.7 Å². The number of carboxylic acid groups (broad SMARTS) is 1. The van der Waals surface area contributed by atoms with Crippen LogP contribution in [0.25, 0.3) is 5.69 Å². The molecule has 30 heavy (non-hydrogen) atoms. The molecule has 0 fully saturated rings. The van der Waals surface area contributed by atoms with Crippen molar-refractivity contribution in [1.82, 2.24) is 9.78 Å². The first-order chi connectivity index (χ1) is 14.3. The van der Waals surface area contributed by atoms with E-state index in [9.17, 15) is 17.6 Å². The first-order valence-electron chi connectivity index (χ1n) is 8.73. The maximum atomic E-state index is 14.3. The van der Waals surface area contributed by atoms with Crippen LogP contribution in [0.2, 0.25) is 5.02 Å². The van der Waals surface area contributed by atoms with Gasteiger partial charge >= 0.3 is 5.97 Å². The SMILES string of the molecule is O=C(O)CCCOc1ccc(S(=O)(=O)Nc2ccc(-n3cccn3)c(F)c2)cc1Cl. The van der Waals surface area contributed by atoms with Gasteiger partial charge in [0.2, 0.25) is 0 Å². The van der Waals surface area contributed by atoms with Crippen molar-refractivity contribution in [2.24, 2.45) is 0 Å². The molecule has 0 spiro atoms. The first kappa shape index (κ1) is 21.6. The molecule has 0 radical (unpaired) electrons. The summed E-state index contributed by atoms with van der Waals surface area (Å²) in [6.45, 7) is 0.123. The van der Waals surface area contributed by atoms with Crippen molar-refractivity contribution in [2.45, 2.75) is 17.7 Å². The van der Waals surface area contributed by atoms with E-state index in [4.69, 9.17) is 21.4 Å². The largest absolute Gasteiger partial charge is 0.492 e. The second-order valence-corrected chi connectivity index (χ2v) is 8.25. The lowest BCUT2D eigenvalue weighted by molar-refractivity contribution is -0.137. The zero-order valence-electron chi connectivity index (χ0n) is 15.5. The lowest BCUT2D eigenvalue weighted by atomic mass is 10.3. The topological polar surface area (TPSA) is 111 Å². The van der Waals surface area contributed by atoms with E-state index in [1.165, 1.54) is 41.2 Å². The van der Waals surface area contributed by atoms with Crippen molar-refractivity contribution in [1.29, 1.82) is 0 Å². The molecule has 8 nitrogen and oxygen atoms in total. The van der Waals surface area contributed by atoms with Crippen LogP contribution in [0, 0.1) is 5.82 Å². The van der Waals surface area contributed by atoms with Crippen LogP contribution in [0.5, 0.6) is 5.75 Å². The molecule has 0 saturated carbocycles. The number of anilines is 1. The quantitative estimate of drug-likeness (QED) is 0.478. The third-order valence-corrected chi connectivity index (χ3v) is 5.63. The van der Waals surface area contributed by atoms with Gasteiger partial charge in [-0.05, 0) is 42.8 Å². The molecule has 1 aromatic heterocycles. The zero-order chi connectivity index (χ0) is 21.7. The minimum atomic E-state index is -4.03. The average Bonchev–Trinajstić information content (AvgIpc) is 3.20. The molecule has 3 aromatic rings. The van der Waals surface area contributed by atoms with E-state index in [0.717, 1.165) is 6.07 Å². The predicted molar refractivity (Wildman–Crippen MR) is 108 cm³/mol. The van der Waals surface area contributed by atoms with Gasteiger partial charge in [0.05, 0.1) is 22.2 Å². The summed E-state index contributed by atoms with van der Waals surface area (Å²) in [5, 5.41) is 12.6. The van der Waals surface area contributed by atoms with E-state index in [-0.39, 0.29) is 46.5 Å². The summed E-state index contributed by atoms with van der Waals surface area (Å²) in [6.07, 6.45) is 3.30. The van der Waals surface area contributed by atoms with Gasteiger partial charge in [-0.15, -0.1) is 0 Å². The van der Waals surface area contributed by atoms with Gasteiger partial charge in [-0.25, -0.2) is 17.5 Å². The molecule has 0 bridgehead atoms. The Balaban J connectivity index is 1.72. The van der Waals surface area contributed by atoms with E-state index in [0.29, 0.717) is 0 Å². The maximum absolute atomic E-state index is 14.3. The normalized spacial score (nSPS) is 11.3. The molecule has 0 aliphatic heterocycles. The number of halogens is 2. The van der Waals surface area contributed by atoms with Crippen LogP contribution >= 0.6 is 11.6 Å². The third-order valence-electron chi connectivity index (χ3n) is 3.96. The van der Waals surface area contributed by atoms with Crippen molar-refractivity contribution in [2.75, 3.05) is 11.3 Å². The van der Waals surface area contributed by atoms with Crippen molar-refractivity contribution in [3.8, 4) is 11.4 Å². The number of hydrogen-bond donors (Lipinski definition) is 2. The monoisotopic (exact) mass is 453 g/mol. The molecule has 0 atom stereocenters. The molecule has 3 rings (SSSR count). The fourth-order valence-corrected chi connectivity index (χ4v) is 3.93. The molecule has 158 valence electrons. The van der Waals surface area contributed by atoms with Gasteiger partial charge in [-0.3, -0.25) is 9.52 Å². The van der Waals surface area contributed by atoms with E-state index in [1.807, 2.05) is 0 Å². The van der Waals surface area contributed by atoms with Crippen LogP contribution < -0.4 is 9.46 Å². The summed E-state index contributed by atoms with van der Waals surface area (Å²) in [7, 11) is -4.03. The van der Waals surface area contributed by atoms with E-state index >= 15 is 0 Å². The number of hydrogen-bond acceptors (Lipinski definition) is 5. The standard InChI is InChI=1S/C19H17ClFN3O5S/c20-15-12-14(5-7-18(15)29-10-1-3-19(25)26)30(27,28)23-13-4-6-17(16(21)11-13)24-9-2-8-22-24/h2,4-9,11-12,23H,1,3,10H2,(H,25,26). The number of carboxylic acids is 1. The fourth-order valence-electron chi connectivity index (χ4n) is 2.55. The highest BCUT2D eigenvalue weighted by Gasteiger charge is 2.18. The van der Waals surface area contributed by atoms with Gasteiger partial charge in [-0.1, -0.05) is 11.6 Å². The molecule has 2 N–H and O–H groups in total. The number of carbonyl (C=O) groups is 1. The van der Waals surface area contributed by atoms with Gasteiger partial charge in [0.25, 0.3) is 10.0 Å². The van der Waals surface area contributed by atoms with Gasteiger partial charge in [0.1, 0.15) is 11.4 Å². The first-order valence-corrected chi connectivity index (χ1v) is 10.6. The Labute approximate surface area is 176 Å². The number of benzene rings is 2. The van der Waals surface area contributed by atoms with Crippen LogP contribution in [-0.4, -0.2) is 35.9 Å². The molecule has 0 saturated heterocycles. The maximum Gasteiger partial charge on any atom is 0.303 e. The van der Waals surface area contributed by atoms with Crippen LogP contribution in [0.4, 0.5) is 10.1 Å². The summed E-state index contributed by atoms with van der Waals surface area (Å²) in [5.41, 5.74) is 0.212. The van der Waals surface area contributed by atoms with Gasteiger partial charge in [0.15, 0.2) is 5.82 Å². The Morgan fingerprint density at radius 3 is 2.70 bits per heavy atom. The Bertz CT molecular complexity index is 1150. The number of sulfonamides is 1. The molecule has 0 aliphatic rings. The number of aliphatic carboxylic acids is 1. The minimum absolute atomic E-state index is 0.0357. The van der Waals surface area contributed by atoms with Crippen molar-refractivity contribution in [3.63, 3.8) is 0 Å². The number of aromatic nitrogens is 2. The van der Waals surface area contributed by atoms with E-state index < -0.39 is 21.8 Å². The molecule has 0 unspecified atom stereocenters. The molecule has 0 amide bonds. The summed E-state index contributed by atoms with van der Waals surface area (Å²) in [6, 6.07) is 9.37. The number of rotatable bonds is 9. The van der Waals surface area contributed by atoms with Crippen LogP contribution in [-0.2, 0) is 14.8 Å². The average molecular weight is 454 g/mol. The van der Waals surface area contributed by atoms with Crippen molar-refractivity contribution < 1.29 is 27.4 Å². The second-order valence-electron chi connectivity index (χ2n) is 6.16. The highest BCUT2D eigenvalue weighted by Crippen LogP contribution is 2.29. The number of ether oxygens (including phenoxy) is 1. The predicted octanol–water partition coefficient (Wildman–Crippen LogP) is 3.71. The summed E-state index contributed by atoms with van der Waals surface area (Å²) < 4.78 is 48.5. The van der Waals surface area contributed by atoms with Crippen molar-refractivity contribution >= 4 is 33.3 Å². The van der Waals surface area contributed by atoms with Crippen LogP contribution in [0.1, 0.15) is 12.8 Å². The van der Waals surface area contributed by atoms with Crippen LogP contribution in [0.15, 0.2) is 59.8 Å². The fraction of sp³-hybridized carbons (Fsp3) is 0.158. The van der Waals surface area contributed by atoms with Crippen LogP contribution in [0.3, 0.4) is 0 Å². The number of nitrogens with zero attached hydrogens (tertiary/aromatic N) is 2. The highest BCUT2D eigenvalue weighted by atomic mass is 35.5. The third kappa shape index (κ3) is 5.28. The zero-order valence-corrected chi connectivity index (χ0v) is 17.0. The minimum Gasteiger partial charge on any atom is -0.492 e. The molecule has 11 heteroatoms.